The second-order valence-corrected chi connectivity index (χ2v) is 9.20. The molecule has 0 aliphatic rings. The van der Waals surface area contributed by atoms with Crippen molar-refractivity contribution in [3.8, 4) is 17.2 Å². The Morgan fingerprint density at radius 2 is 1.92 bits per heavy atom. The Balaban J connectivity index is 1.61. The Morgan fingerprint density at radius 1 is 1.10 bits per heavy atom. The molecule has 0 aliphatic heterocycles. The largest absolute Gasteiger partial charge is 0.492 e. The number of carbonyl (C=O) groups is 1. The molecule has 9 nitrogen and oxygen atoms in total. The minimum atomic E-state index is -0.896. The van der Waals surface area contributed by atoms with Gasteiger partial charge in [0, 0.05) is 29.4 Å². The molecule has 0 unspecified atom stereocenters. The maximum Gasteiger partial charge on any atom is 0.284 e. The summed E-state index contributed by atoms with van der Waals surface area (Å²) in [6, 6.07) is 12.2. The third-order valence-corrected chi connectivity index (χ3v) is 5.74. The topological polar surface area (TPSA) is 102 Å². The summed E-state index contributed by atoms with van der Waals surface area (Å²) in [4.78, 5) is 27.2. The average molecular weight is 551 g/mol. The molecule has 2 aromatic carbocycles. The van der Waals surface area contributed by atoms with Crippen molar-refractivity contribution < 1.29 is 18.7 Å². The molecule has 0 spiro atoms. The summed E-state index contributed by atoms with van der Waals surface area (Å²) >= 11 is 6.48. The Morgan fingerprint density at radius 3 is 2.62 bits per heavy atom. The molecular weight excluding hydrogens is 523 g/mol. The lowest BCUT2D eigenvalue weighted by molar-refractivity contribution is -0.114. The van der Waals surface area contributed by atoms with Crippen LogP contribution in [0, 0.1) is 6.92 Å². The van der Waals surface area contributed by atoms with Crippen molar-refractivity contribution in [3.05, 3.63) is 77.6 Å². The van der Waals surface area contributed by atoms with Crippen LogP contribution >= 0.6 is 11.6 Å². The zero-order valence-corrected chi connectivity index (χ0v) is 22.7. The fraction of sp³-hybridized carbons (Fsp3) is 0.214. The zero-order valence-electron chi connectivity index (χ0n) is 22.0. The molecule has 4 aromatic rings. The standard InChI is InChI=1S/C28H28ClFN6O3/c1-5-38-26-14-23-20(13-24(26)35-28(37)22(30)10-11-36(3)4)27(33-16-32-23)34-18-7-9-25(21(29)12-18)39-19-8-6-17(2)31-15-19/h6-10,12-16H,5,11H2,1-4H3,(H,35,37)(H,32,33,34)/b22-10-. The highest BCUT2D eigenvalue weighted by Crippen LogP contribution is 2.36. The van der Waals surface area contributed by atoms with Crippen molar-refractivity contribution in [2.45, 2.75) is 13.8 Å². The first-order chi connectivity index (χ1) is 18.7. The Bertz CT molecular complexity index is 1510. The van der Waals surface area contributed by atoms with E-state index in [0.29, 0.717) is 51.3 Å². The Kier molecular flexibility index (Phi) is 8.90. The molecule has 2 aromatic heterocycles. The van der Waals surface area contributed by atoms with Crippen LogP contribution in [0.1, 0.15) is 12.6 Å². The van der Waals surface area contributed by atoms with Gasteiger partial charge in [-0.15, -0.1) is 0 Å². The molecule has 1 amide bonds. The van der Waals surface area contributed by atoms with Gasteiger partial charge in [0.1, 0.15) is 29.4 Å². The lowest BCUT2D eigenvalue weighted by Crippen LogP contribution is -2.16. The number of rotatable bonds is 10. The van der Waals surface area contributed by atoms with Gasteiger partial charge in [0.25, 0.3) is 5.91 Å². The fourth-order valence-corrected chi connectivity index (χ4v) is 3.75. The highest BCUT2D eigenvalue weighted by molar-refractivity contribution is 6.32. The van der Waals surface area contributed by atoms with Gasteiger partial charge in [-0.05, 0) is 70.4 Å². The number of likely N-dealkylation sites (N-methyl/N-ethyl adjacent to an activating group) is 1. The number of ether oxygens (including phenoxy) is 2. The number of fused-ring (bicyclic) bond motifs is 1. The number of nitrogens with zero attached hydrogens (tertiary/aromatic N) is 4. The smallest absolute Gasteiger partial charge is 0.284 e. The number of hydrogen-bond acceptors (Lipinski definition) is 8. The first-order valence-corrected chi connectivity index (χ1v) is 12.5. The van der Waals surface area contributed by atoms with Crippen LogP contribution in [-0.2, 0) is 4.79 Å². The van der Waals surface area contributed by atoms with E-state index in [1.165, 1.54) is 12.4 Å². The minimum Gasteiger partial charge on any atom is -0.492 e. The van der Waals surface area contributed by atoms with Gasteiger partial charge < -0.3 is 25.0 Å². The molecule has 0 saturated carbocycles. The maximum atomic E-state index is 14.4. The molecule has 0 saturated heterocycles. The van der Waals surface area contributed by atoms with E-state index in [4.69, 9.17) is 21.1 Å². The van der Waals surface area contributed by atoms with E-state index in [2.05, 4.69) is 25.6 Å². The van der Waals surface area contributed by atoms with Crippen molar-refractivity contribution in [3.63, 3.8) is 0 Å². The molecular formula is C28H28ClFN6O3. The van der Waals surface area contributed by atoms with E-state index in [0.717, 1.165) is 5.69 Å². The van der Waals surface area contributed by atoms with Gasteiger partial charge in [-0.3, -0.25) is 9.78 Å². The van der Waals surface area contributed by atoms with Crippen LogP contribution in [0.5, 0.6) is 17.2 Å². The monoisotopic (exact) mass is 550 g/mol. The third kappa shape index (κ3) is 7.18. The summed E-state index contributed by atoms with van der Waals surface area (Å²) in [6.07, 6.45) is 4.24. The quantitative estimate of drug-likeness (QED) is 0.223. The molecule has 11 heteroatoms. The molecule has 0 fully saturated rings. The van der Waals surface area contributed by atoms with Crippen LogP contribution in [0.25, 0.3) is 10.9 Å². The lowest BCUT2D eigenvalue weighted by Gasteiger charge is -2.15. The van der Waals surface area contributed by atoms with E-state index in [-0.39, 0.29) is 12.2 Å². The van der Waals surface area contributed by atoms with Crippen LogP contribution in [0.15, 0.2) is 66.9 Å². The SMILES string of the molecule is CCOc1cc2ncnc(Nc3ccc(Oc4ccc(C)nc4)c(Cl)c3)c2cc1NC(=O)/C(F)=C/CN(C)C. The second-order valence-electron chi connectivity index (χ2n) is 8.80. The number of hydrogen-bond donors (Lipinski definition) is 2. The van der Waals surface area contributed by atoms with Crippen LogP contribution in [0.3, 0.4) is 0 Å². The maximum absolute atomic E-state index is 14.4. The van der Waals surface area contributed by atoms with E-state index >= 15 is 0 Å². The Hall–Kier alpha value is -4.28. The summed E-state index contributed by atoms with van der Waals surface area (Å²) < 4.78 is 25.9. The molecule has 2 heterocycles. The predicted octanol–water partition coefficient (Wildman–Crippen LogP) is 6.27. The van der Waals surface area contributed by atoms with E-state index in [1.807, 2.05) is 26.0 Å². The third-order valence-electron chi connectivity index (χ3n) is 5.44. The second kappa shape index (κ2) is 12.5. The van der Waals surface area contributed by atoms with Gasteiger partial charge in [0.05, 0.1) is 29.0 Å². The van der Waals surface area contributed by atoms with E-state index in [1.54, 1.807) is 55.5 Å². The normalized spacial score (nSPS) is 11.5. The highest BCUT2D eigenvalue weighted by atomic mass is 35.5. The zero-order chi connectivity index (χ0) is 27.9. The van der Waals surface area contributed by atoms with Gasteiger partial charge in [-0.25, -0.2) is 14.4 Å². The van der Waals surface area contributed by atoms with Crippen molar-refractivity contribution in [1.29, 1.82) is 0 Å². The summed E-state index contributed by atoms with van der Waals surface area (Å²) in [6.45, 7) is 4.33. The number of aromatic nitrogens is 3. The van der Waals surface area contributed by atoms with Crippen molar-refractivity contribution in [2.75, 3.05) is 37.9 Å². The number of nitrogens with one attached hydrogen (secondary N) is 2. The molecule has 0 aliphatic carbocycles. The summed E-state index contributed by atoms with van der Waals surface area (Å²) in [5.41, 5.74) is 2.38. The number of pyridine rings is 1. The lowest BCUT2D eigenvalue weighted by atomic mass is 10.1. The first kappa shape index (κ1) is 27.7. The van der Waals surface area contributed by atoms with Gasteiger partial charge in [-0.1, -0.05) is 11.6 Å². The molecule has 4 rings (SSSR count). The molecule has 0 atom stereocenters. The van der Waals surface area contributed by atoms with Gasteiger partial charge in [-0.2, -0.15) is 0 Å². The van der Waals surface area contributed by atoms with Crippen molar-refractivity contribution in [1.82, 2.24) is 19.9 Å². The van der Waals surface area contributed by atoms with Gasteiger partial charge in [0.2, 0.25) is 0 Å². The van der Waals surface area contributed by atoms with Crippen LogP contribution in [-0.4, -0.2) is 53.0 Å². The van der Waals surface area contributed by atoms with Crippen LogP contribution in [0.4, 0.5) is 21.6 Å². The molecule has 0 radical (unpaired) electrons. The molecule has 39 heavy (non-hydrogen) atoms. The van der Waals surface area contributed by atoms with E-state index < -0.39 is 11.7 Å². The fourth-order valence-electron chi connectivity index (χ4n) is 3.53. The highest BCUT2D eigenvalue weighted by Gasteiger charge is 2.16. The molecule has 0 bridgehead atoms. The van der Waals surface area contributed by atoms with Crippen molar-refractivity contribution >= 4 is 45.6 Å². The predicted molar refractivity (Wildman–Crippen MR) is 151 cm³/mol. The molecule has 2 N–H and O–H groups in total. The average Bonchev–Trinajstić information content (AvgIpc) is 2.90. The van der Waals surface area contributed by atoms with Crippen LogP contribution < -0.4 is 20.1 Å². The number of amides is 1. The van der Waals surface area contributed by atoms with E-state index in [9.17, 15) is 9.18 Å². The van der Waals surface area contributed by atoms with Gasteiger partial charge >= 0.3 is 0 Å². The minimum absolute atomic E-state index is 0.283. The van der Waals surface area contributed by atoms with Crippen molar-refractivity contribution in [2.24, 2.45) is 0 Å². The van der Waals surface area contributed by atoms with Gasteiger partial charge in [0.15, 0.2) is 5.83 Å². The van der Waals surface area contributed by atoms with Crippen LogP contribution in [0.2, 0.25) is 5.02 Å². The Labute approximate surface area is 230 Å². The number of aryl methyl sites for hydroxylation is 1. The number of halogens is 2. The first-order valence-electron chi connectivity index (χ1n) is 12.1. The molecule has 202 valence electrons. The number of carbonyl (C=O) groups excluding carboxylic acids is 1. The summed E-state index contributed by atoms with van der Waals surface area (Å²) in [5.74, 6) is 0.0731. The number of benzene rings is 2. The summed E-state index contributed by atoms with van der Waals surface area (Å²) in [7, 11) is 3.56. The number of anilines is 3. The summed E-state index contributed by atoms with van der Waals surface area (Å²) in [5, 5.41) is 6.78.